The van der Waals surface area contributed by atoms with Gasteiger partial charge in [0.15, 0.2) is 5.78 Å². The zero-order valence-corrected chi connectivity index (χ0v) is 18.2. The molecule has 2 aliphatic rings. The van der Waals surface area contributed by atoms with Gasteiger partial charge in [-0.1, -0.05) is 38.2 Å². The highest BCUT2D eigenvalue weighted by atomic mass is 16.7. The normalized spacial score (nSPS) is 23.9. The van der Waals surface area contributed by atoms with E-state index >= 15 is 0 Å². The molecule has 0 unspecified atom stereocenters. The maximum atomic E-state index is 12.2. The van der Waals surface area contributed by atoms with Gasteiger partial charge in [-0.25, -0.2) is 9.59 Å². The Labute approximate surface area is 181 Å². The summed E-state index contributed by atoms with van der Waals surface area (Å²) < 4.78 is 15.2. The molecule has 8 heteroatoms. The molecule has 1 aliphatic carbocycles. The number of carbonyl (C=O) groups is 4. The van der Waals surface area contributed by atoms with E-state index in [-0.39, 0.29) is 47.6 Å². The van der Waals surface area contributed by atoms with Crippen LogP contribution in [0.3, 0.4) is 0 Å². The van der Waals surface area contributed by atoms with Crippen molar-refractivity contribution in [2.24, 2.45) is 5.41 Å². The summed E-state index contributed by atoms with van der Waals surface area (Å²) in [6, 6.07) is 0. The number of cyclic esters (lactones) is 2. The largest absolute Gasteiger partial charge is 0.875 e. The lowest BCUT2D eigenvalue weighted by Crippen LogP contribution is -2.44. The second-order valence-corrected chi connectivity index (χ2v) is 8.32. The van der Waals surface area contributed by atoms with Crippen molar-refractivity contribution >= 4 is 23.7 Å². The molecule has 0 aromatic carbocycles. The summed E-state index contributed by atoms with van der Waals surface area (Å²) in [7, 11) is 0. The molecule has 31 heavy (non-hydrogen) atoms. The van der Waals surface area contributed by atoms with E-state index in [4.69, 9.17) is 14.2 Å². The predicted molar refractivity (Wildman–Crippen MR) is 108 cm³/mol. The fourth-order valence-electron chi connectivity index (χ4n) is 3.24. The molecule has 0 amide bonds. The maximum absolute atomic E-state index is 12.2. The molecule has 0 N–H and O–H groups in total. The topological polar surface area (TPSA) is 119 Å². The van der Waals surface area contributed by atoms with Crippen LogP contribution < -0.4 is 5.11 Å². The van der Waals surface area contributed by atoms with Crippen LogP contribution in [0.4, 0.5) is 0 Å². The summed E-state index contributed by atoms with van der Waals surface area (Å²) >= 11 is 0. The lowest BCUT2D eigenvalue weighted by molar-refractivity contribution is -0.312. The Morgan fingerprint density at radius 1 is 1.06 bits per heavy atom. The molecule has 0 bridgehead atoms. The van der Waals surface area contributed by atoms with Crippen LogP contribution in [-0.2, 0) is 33.4 Å². The Kier molecular flexibility index (Phi) is 7.60. The zero-order chi connectivity index (χ0) is 23.2. The molecule has 1 aliphatic heterocycles. The van der Waals surface area contributed by atoms with Gasteiger partial charge in [0.2, 0.25) is 0 Å². The van der Waals surface area contributed by atoms with Gasteiger partial charge in [-0.15, -0.1) is 5.76 Å². The van der Waals surface area contributed by atoms with Crippen LogP contribution in [-0.4, -0.2) is 36.1 Å². The Balaban J connectivity index is 1.99. The number of ketones is 1. The van der Waals surface area contributed by atoms with Gasteiger partial charge in [0.1, 0.15) is 5.57 Å². The summed E-state index contributed by atoms with van der Waals surface area (Å²) in [4.78, 5) is 48.0. The van der Waals surface area contributed by atoms with Gasteiger partial charge in [0.05, 0.1) is 13.0 Å². The van der Waals surface area contributed by atoms with Gasteiger partial charge in [0.25, 0.3) is 5.79 Å². The molecule has 8 nitrogen and oxygen atoms in total. The third-order valence-corrected chi connectivity index (χ3v) is 4.77. The van der Waals surface area contributed by atoms with E-state index in [1.54, 1.807) is 6.92 Å². The first-order valence-corrected chi connectivity index (χ1v) is 10.1. The molecule has 0 radical (unpaired) electrons. The van der Waals surface area contributed by atoms with Crippen LogP contribution in [0.15, 0.2) is 47.3 Å². The predicted octanol–water partition coefficient (Wildman–Crippen LogP) is 2.19. The average Bonchev–Trinajstić information content (AvgIpc) is 2.63. The van der Waals surface area contributed by atoms with Crippen molar-refractivity contribution in [3.63, 3.8) is 0 Å². The van der Waals surface area contributed by atoms with Crippen LogP contribution in [0.2, 0.25) is 0 Å². The molecular formula is C23H27O8-. The van der Waals surface area contributed by atoms with Crippen LogP contribution in [0.25, 0.3) is 0 Å². The third kappa shape index (κ3) is 6.67. The molecule has 0 aromatic heterocycles. The standard InChI is InChI=1S/C23H28O8/c1-5-29-19(26)11-12-23(4)30-20(27)16(21(28)31-23)10-8-6-7-9-15-17(24)13-22(2,3)14-18(15)25/h6-10,24H,5,11-14H2,1-4H3/p-1/b8-6+,9-7+,16-10?. The first-order valence-electron chi connectivity index (χ1n) is 10.1. The summed E-state index contributed by atoms with van der Waals surface area (Å²) in [5, 5.41) is 12.1. The number of hydrogen-bond acceptors (Lipinski definition) is 8. The molecule has 0 aromatic rings. The minimum absolute atomic E-state index is 0.0212. The third-order valence-electron chi connectivity index (χ3n) is 4.77. The van der Waals surface area contributed by atoms with E-state index in [2.05, 4.69) is 0 Å². The Morgan fingerprint density at radius 2 is 1.71 bits per heavy atom. The number of Topliss-reactive ketones (excluding diaryl/α,β-unsaturated/α-hetero) is 1. The minimum Gasteiger partial charge on any atom is -0.875 e. The summed E-state index contributed by atoms with van der Waals surface area (Å²) in [5.74, 6) is -4.18. The molecule has 0 saturated carbocycles. The van der Waals surface area contributed by atoms with Gasteiger partial charge in [-0.3, -0.25) is 9.59 Å². The van der Waals surface area contributed by atoms with Gasteiger partial charge < -0.3 is 19.3 Å². The highest BCUT2D eigenvalue weighted by Crippen LogP contribution is 2.35. The monoisotopic (exact) mass is 431 g/mol. The van der Waals surface area contributed by atoms with Crippen molar-refractivity contribution in [1.29, 1.82) is 0 Å². The smallest absolute Gasteiger partial charge is 0.348 e. The van der Waals surface area contributed by atoms with Crippen LogP contribution in [0, 0.1) is 5.41 Å². The summed E-state index contributed by atoms with van der Waals surface area (Å²) in [5.41, 5.74) is -0.499. The first-order chi connectivity index (χ1) is 14.5. The van der Waals surface area contributed by atoms with Crippen LogP contribution in [0.1, 0.15) is 53.4 Å². The van der Waals surface area contributed by atoms with Crippen molar-refractivity contribution in [2.45, 2.75) is 59.2 Å². The second-order valence-electron chi connectivity index (χ2n) is 8.32. The quantitative estimate of drug-likeness (QED) is 0.260. The Morgan fingerprint density at radius 3 is 2.29 bits per heavy atom. The van der Waals surface area contributed by atoms with Crippen LogP contribution >= 0.6 is 0 Å². The minimum atomic E-state index is -1.55. The summed E-state index contributed by atoms with van der Waals surface area (Å²) in [6.45, 7) is 7.04. The van der Waals surface area contributed by atoms with E-state index in [0.717, 1.165) is 0 Å². The van der Waals surface area contributed by atoms with Gasteiger partial charge in [-0.2, -0.15) is 0 Å². The summed E-state index contributed by atoms with van der Waals surface area (Å²) in [6.07, 6.45) is 7.54. The van der Waals surface area contributed by atoms with Gasteiger partial charge in [0, 0.05) is 25.3 Å². The van der Waals surface area contributed by atoms with E-state index in [1.165, 1.54) is 37.3 Å². The van der Waals surface area contributed by atoms with Crippen molar-refractivity contribution in [1.82, 2.24) is 0 Å². The SMILES string of the molecule is CCOC(=O)CCC1(C)OC(=O)C(=C/C=C/C=C/C2=C([O-])CC(C)(C)CC2=O)C(=O)O1. The highest BCUT2D eigenvalue weighted by molar-refractivity contribution is 6.15. The zero-order valence-electron chi connectivity index (χ0n) is 18.2. The highest BCUT2D eigenvalue weighted by Gasteiger charge is 2.42. The van der Waals surface area contributed by atoms with Gasteiger partial charge in [-0.05, 0) is 24.8 Å². The van der Waals surface area contributed by atoms with Gasteiger partial charge >= 0.3 is 17.9 Å². The molecule has 1 heterocycles. The van der Waals surface area contributed by atoms with E-state index in [0.29, 0.717) is 12.8 Å². The molecule has 0 spiro atoms. The van der Waals surface area contributed by atoms with Crippen molar-refractivity contribution in [3.05, 3.63) is 47.3 Å². The number of rotatable bonds is 7. The molecule has 168 valence electrons. The fourth-order valence-corrected chi connectivity index (χ4v) is 3.24. The molecule has 1 saturated heterocycles. The van der Waals surface area contributed by atoms with E-state index < -0.39 is 23.7 Å². The van der Waals surface area contributed by atoms with E-state index in [9.17, 15) is 24.3 Å². The number of hydrogen-bond donors (Lipinski definition) is 0. The lowest BCUT2D eigenvalue weighted by Gasteiger charge is -2.34. The first kappa shape index (κ1) is 24.1. The lowest BCUT2D eigenvalue weighted by atomic mass is 9.76. The van der Waals surface area contributed by atoms with Crippen molar-refractivity contribution < 1.29 is 38.5 Å². The van der Waals surface area contributed by atoms with Crippen LogP contribution in [0.5, 0.6) is 0 Å². The number of ether oxygens (including phenoxy) is 3. The maximum Gasteiger partial charge on any atom is 0.348 e. The second kappa shape index (κ2) is 9.76. The number of carbonyl (C=O) groups excluding carboxylic acids is 4. The van der Waals surface area contributed by atoms with Crippen molar-refractivity contribution in [3.8, 4) is 0 Å². The van der Waals surface area contributed by atoms with Crippen molar-refractivity contribution in [2.75, 3.05) is 6.61 Å². The number of esters is 3. The average molecular weight is 431 g/mol. The Hall–Kier alpha value is -3.16. The number of allylic oxidation sites excluding steroid dienone is 7. The molecule has 0 atom stereocenters. The molecule has 1 fully saturated rings. The fraction of sp³-hybridized carbons (Fsp3) is 0.478. The Bertz CT molecular complexity index is 865. The molecule has 2 rings (SSSR count). The van der Waals surface area contributed by atoms with E-state index in [1.807, 2.05) is 13.8 Å². The molecular weight excluding hydrogens is 404 g/mol.